The van der Waals surface area contributed by atoms with Crippen LogP contribution in [0.25, 0.3) is 0 Å². The SMILES string of the molecule is O=C(CN1CCOCC1)N1CCC[C@H](c2cccc(Cc3ccccc3F)n2)C1. The second kappa shape index (κ2) is 9.46. The number of hydrogen-bond acceptors (Lipinski definition) is 4. The highest BCUT2D eigenvalue weighted by atomic mass is 19.1. The summed E-state index contributed by atoms with van der Waals surface area (Å²) >= 11 is 0. The highest BCUT2D eigenvalue weighted by Crippen LogP contribution is 2.26. The molecule has 0 N–H and O–H groups in total. The Morgan fingerprint density at radius 2 is 1.93 bits per heavy atom. The van der Waals surface area contributed by atoms with E-state index in [0.29, 0.717) is 38.3 Å². The van der Waals surface area contributed by atoms with Gasteiger partial charge in [-0.1, -0.05) is 24.3 Å². The molecule has 29 heavy (non-hydrogen) atoms. The van der Waals surface area contributed by atoms with Gasteiger partial charge < -0.3 is 9.64 Å². The van der Waals surface area contributed by atoms with Gasteiger partial charge in [-0.05, 0) is 36.6 Å². The number of morpholine rings is 1. The maximum absolute atomic E-state index is 14.0. The summed E-state index contributed by atoms with van der Waals surface area (Å²) < 4.78 is 19.3. The molecule has 1 atom stereocenters. The number of carbonyl (C=O) groups excluding carboxylic acids is 1. The molecule has 1 amide bonds. The second-order valence-corrected chi connectivity index (χ2v) is 7.89. The first-order chi connectivity index (χ1) is 14.2. The summed E-state index contributed by atoms with van der Waals surface area (Å²) in [4.78, 5) is 21.7. The van der Waals surface area contributed by atoms with Crippen molar-refractivity contribution in [1.29, 1.82) is 0 Å². The molecule has 2 aliphatic heterocycles. The molecular formula is C23H28FN3O2. The number of halogens is 1. The van der Waals surface area contributed by atoms with Gasteiger partial charge in [0.1, 0.15) is 5.82 Å². The van der Waals surface area contributed by atoms with Crippen molar-refractivity contribution in [3.63, 3.8) is 0 Å². The van der Waals surface area contributed by atoms with Crippen LogP contribution in [0.4, 0.5) is 4.39 Å². The molecule has 6 heteroatoms. The predicted molar refractivity (Wildman–Crippen MR) is 109 cm³/mol. The van der Waals surface area contributed by atoms with E-state index in [1.807, 2.05) is 29.2 Å². The maximum atomic E-state index is 14.0. The van der Waals surface area contributed by atoms with Gasteiger partial charge in [0.2, 0.25) is 5.91 Å². The van der Waals surface area contributed by atoms with E-state index in [-0.39, 0.29) is 17.6 Å². The fourth-order valence-corrected chi connectivity index (χ4v) is 4.16. The van der Waals surface area contributed by atoms with E-state index in [4.69, 9.17) is 9.72 Å². The van der Waals surface area contributed by atoms with Crippen LogP contribution in [0.15, 0.2) is 42.5 Å². The smallest absolute Gasteiger partial charge is 0.236 e. The van der Waals surface area contributed by atoms with Crippen molar-refractivity contribution in [2.24, 2.45) is 0 Å². The van der Waals surface area contributed by atoms with Gasteiger partial charge in [0.15, 0.2) is 0 Å². The van der Waals surface area contributed by atoms with Crippen LogP contribution in [-0.4, -0.2) is 66.6 Å². The Balaban J connectivity index is 1.40. The highest BCUT2D eigenvalue weighted by Gasteiger charge is 2.27. The van der Waals surface area contributed by atoms with Gasteiger partial charge in [0.05, 0.1) is 19.8 Å². The number of likely N-dealkylation sites (tertiary alicyclic amines) is 1. The van der Waals surface area contributed by atoms with E-state index in [2.05, 4.69) is 4.90 Å². The summed E-state index contributed by atoms with van der Waals surface area (Å²) in [6, 6.07) is 12.8. The van der Waals surface area contributed by atoms with E-state index in [1.165, 1.54) is 6.07 Å². The topological polar surface area (TPSA) is 45.7 Å². The van der Waals surface area contributed by atoms with Crippen LogP contribution < -0.4 is 0 Å². The van der Waals surface area contributed by atoms with E-state index in [0.717, 1.165) is 43.9 Å². The van der Waals surface area contributed by atoms with Crippen molar-refractivity contribution >= 4 is 5.91 Å². The Labute approximate surface area is 171 Å². The first-order valence-electron chi connectivity index (χ1n) is 10.5. The van der Waals surface area contributed by atoms with Crippen LogP contribution in [0.5, 0.6) is 0 Å². The molecule has 1 aromatic carbocycles. The number of rotatable bonds is 5. The number of nitrogens with zero attached hydrogens (tertiary/aromatic N) is 3. The maximum Gasteiger partial charge on any atom is 0.236 e. The third kappa shape index (κ3) is 5.19. The van der Waals surface area contributed by atoms with Crippen LogP contribution in [0, 0.1) is 5.82 Å². The zero-order chi connectivity index (χ0) is 20.1. The molecule has 1 aromatic heterocycles. The number of hydrogen-bond donors (Lipinski definition) is 0. The average molecular weight is 397 g/mol. The monoisotopic (exact) mass is 397 g/mol. The van der Waals surface area contributed by atoms with Crippen molar-refractivity contribution in [1.82, 2.24) is 14.8 Å². The lowest BCUT2D eigenvalue weighted by atomic mass is 9.93. The molecule has 2 aromatic rings. The Kier molecular flexibility index (Phi) is 6.52. The van der Waals surface area contributed by atoms with Crippen LogP contribution in [0.1, 0.15) is 35.7 Å². The van der Waals surface area contributed by atoms with Gasteiger partial charge in [0, 0.05) is 49.9 Å². The van der Waals surface area contributed by atoms with Gasteiger partial charge >= 0.3 is 0 Å². The second-order valence-electron chi connectivity index (χ2n) is 7.89. The Bertz CT molecular complexity index is 838. The first kappa shape index (κ1) is 20.0. The Morgan fingerprint density at radius 1 is 1.10 bits per heavy atom. The number of carbonyl (C=O) groups is 1. The predicted octanol–water partition coefficient (Wildman–Crippen LogP) is 2.85. The average Bonchev–Trinajstić information content (AvgIpc) is 2.76. The van der Waals surface area contributed by atoms with Gasteiger partial charge in [0.25, 0.3) is 0 Å². The standard InChI is InChI=1S/C23H28FN3O2/c24-21-8-2-1-5-18(21)15-20-7-3-9-22(25-20)19-6-4-10-27(16-19)23(28)17-26-11-13-29-14-12-26/h1-3,5,7-9,19H,4,6,10-17H2/t19-/m0/s1. The van der Waals surface area contributed by atoms with Gasteiger partial charge in [-0.15, -0.1) is 0 Å². The number of aromatic nitrogens is 1. The minimum Gasteiger partial charge on any atom is -0.379 e. The van der Waals surface area contributed by atoms with Crippen LogP contribution in [0.2, 0.25) is 0 Å². The van der Waals surface area contributed by atoms with Gasteiger partial charge in [-0.3, -0.25) is 14.7 Å². The van der Waals surface area contributed by atoms with E-state index in [1.54, 1.807) is 12.1 Å². The van der Waals surface area contributed by atoms with Crippen molar-refractivity contribution < 1.29 is 13.9 Å². The van der Waals surface area contributed by atoms with Crippen LogP contribution in [-0.2, 0) is 16.0 Å². The third-order valence-corrected chi connectivity index (χ3v) is 5.81. The normalized spacial score (nSPS) is 20.6. The van der Waals surface area contributed by atoms with Crippen molar-refractivity contribution in [2.75, 3.05) is 45.9 Å². The third-order valence-electron chi connectivity index (χ3n) is 5.81. The molecular weight excluding hydrogens is 369 g/mol. The largest absolute Gasteiger partial charge is 0.379 e. The highest BCUT2D eigenvalue weighted by molar-refractivity contribution is 5.78. The number of ether oxygens (including phenoxy) is 1. The van der Waals surface area contributed by atoms with Crippen molar-refractivity contribution in [3.8, 4) is 0 Å². The summed E-state index contributed by atoms with van der Waals surface area (Å²) in [6.07, 6.45) is 2.49. The molecule has 0 bridgehead atoms. The molecule has 0 saturated carbocycles. The minimum atomic E-state index is -0.197. The summed E-state index contributed by atoms with van der Waals surface area (Å²) in [5.41, 5.74) is 2.52. The minimum absolute atomic E-state index is 0.194. The number of benzene rings is 1. The van der Waals surface area contributed by atoms with Crippen LogP contribution >= 0.6 is 0 Å². The van der Waals surface area contributed by atoms with E-state index < -0.39 is 0 Å². The molecule has 3 heterocycles. The fraction of sp³-hybridized carbons (Fsp3) is 0.478. The summed E-state index contributed by atoms with van der Waals surface area (Å²) in [6.45, 7) is 5.04. The molecule has 2 aliphatic rings. The summed E-state index contributed by atoms with van der Waals surface area (Å²) in [7, 11) is 0. The van der Waals surface area contributed by atoms with Gasteiger partial charge in [-0.2, -0.15) is 0 Å². The summed E-state index contributed by atoms with van der Waals surface area (Å²) in [5, 5.41) is 0. The lowest BCUT2D eigenvalue weighted by Gasteiger charge is -2.35. The summed E-state index contributed by atoms with van der Waals surface area (Å²) in [5.74, 6) is 0.231. The molecule has 2 fully saturated rings. The Morgan fingerprint density at radius 3 is 2.76 bits per heavy atom. The number of amides is 1. The first-order valence-corrected chi connectivity index (χ1v) is 10.5. The quantitative estimate of drug-likeness (QED) is 0.778. The number of piperidine rings is 1. The van der Waals surface area contributed by atoms with Crippen LogP contribution in [0.3, 0.4) is 0 Å². The lowest BCUT2D eigenvalue weighted by Crippen LogP contribution is -2.47. The van der Waals surface area contributed by atoms with E-state index >= 15 is 0 Å². The molecule has 0 aliphatic carbocycles. The molecule has 154 valence electrons. The molecule has 0 unspecified atom stereocenters. The zero-order valence-electron chi connectivity index (χ0n) is 16.7. The van der Waals surface area contributed by atoms with E-state index in [9.17, 15) is 9.18 Å². The zero-order valence-corrected chi connectivity index (χ0v) is 16.7. The van der Waals surface area contributed by atoms with Gasteiger partial charge in [-0.25, -0.2) is 4.39 Å². The number of pyridine rings is 1. The van der Waals surface area contributed by atoms with Crippen molar-refractivity contribution in [2.45, 2.75) is 25.2 Å². The Hall–Kier alpha value is -2.31. The molecule has 4 rings (SSSR count). The lowest BCUT2D eigenvalue weighted by molar-refractivity contribution is -0.134. The molecule has 2 saturated heterocycles. The molecule has 0 radical (unpaired) electrons. The molecule has 0 spiro atoms. The molecule has 5 nitrogen and oxygen atoms in total. The van der Waals surface area contributed by atoms with Crippen molar-refractivity contribution in [3.05, 3.63) is 65.2 Å². The fourth-order valence-electron chi connectivity index (χ4n) is 4.16.